The van der Waals surface area contributed by atoms with E-state index in [-0.39, 0.29) is 0 Å². The molecular formula is C18H26O2S2. The van der Waals surface area contributed by atoms with Gasteiger partial charge in [0.2, 0.25) is 0 Å². The minimum absolute atomic E-state index is 0.702. The van der Waals surface area contributed by atoms with Crippen LogP contribution in [0.3, 0.4) is 0 Å². The van der Waals surface area contributed by atoms with Crippen molar-refractivity contribution in [3.63, 3.8) is 0 Å². The van der Waals surface area contributed by atoms with Crippen molar-refractivity contribution in [2.75, 3.05) is 0 Å². The molecule has 1 saturated carbocycles. The maximum Gasteiger partial charge on any atom is 0.375 e. The molecule has 1 aromatic rings. The fourth-order valence-electron chi connectivity index (χ4n) is 3.35. The Kier molecular flexibility index (Phi) is 7.67. The van der Waals surface area contributed by atoms with Crippen molar-refractivity contribution >= 4 is 26.9 Å². The second-order valence-corrected chi connectivity index (χ2v) is 8.37. The number of carbonyl (C=O) groups is 1. The third-order valence-electron chi connectivity index (χ3n) is 4.62. The van der Waals surface area contributed by atoms with Crippen LogP contribution in [0.2, 0.25) is 0 Å². The molecule has 4 heteroatoms. The van der Waals surface area contributed by atoms with Crippen LogP contribution in [0, 0.1) is 5.92 Å². The van der Waals surface area contributed by atoms with E-state index in [1.165, 1.54) is 67.7 Å². The van der Waals surface area contributed by atoms with Crippen molar-refractivity contribution in [3.8, 4) is 0 Å². The van der Waals surface area contributed by atoms with Gasteiger partial charge in [-0.3, -0.25) is 0 Å². The lowest BCUT2D eigenvalue weighted by molar-refractivity contribution is 0.222. The number of hydrogen-bond donors (Lipinski definition) is 1. The molecule has 0 heterocycles. The molecule has 0 bridgehead atoms. The van der Waals surface area contributed by atoms with E-state index in [0.29, 0.717) is 5.92 Å². The zero-order chi connectivity index (χ0) is 15.8. The highest BCUT2D eigenvalue weighted by Crippen LogP contribution is 2.39. The van der Waals surface area contributed by atoms with Crippen LogP contribution in [0.5, 0.6) is 0 Å². The number of hydrogen-bond acceptors (Lipinski definition) is 3. The van der Waals surface area contributed by atoms with Crippen molar-refractivity contribution in [2.45, 2.75) is 69.1 Å². The first-order valence-corrected chi connectivity index (χ1v) is 10.5. The van der Waals surface area contributed by atoms with Crippen molar-refractivity contribution in [1.82, 2.24) is 0 Å². The summed E-state index contributed by atoms with van der Waals surface area (Å²) in [6.07, 6.45) is 10.9. The summed E-state index contributed by atoms with van der Waals surface area (Å²) >= 11 is 0. The highest BCUT2D eigenvalue weighted by molar-refractivity contribution is 8.82. The average molecular weight is 339 g/mol. The Morgan fingerprint density at radius 1 is 1.14 bits per heavy atom. The van der Waals surface area contributed by atoms with E-state index in [4.69, 9.17) is 5.11 Å². The molecule has 0 radical (unpaired) electrons. The first-order valence-electron chi connectivity index (χ1n) is 8.36. The zero-order valence-corrected chi connectivity index (χ0v) is 14.9. The van der Waals surface area contributed by atoms with Gasteiger partial charge in [-0.05, 0) is 66.0 Å². The molecule has 122 valence electrons. The van der Waals surface area contributed by atoms with Crippen molar-refractivity contribution in [3.05, 3.63) is 29.8 Å². The van der Waals surface area contributed by atoms with Gasteiger partial charge < -0.3 is 5.11 Å². The molecule has 0 aromatic heterocycles. The van der Waals surface area contributed by atoms with Crippen LogP contribution in [-0.2, 0) is 0 Å². The predicted molar refractivity (Wildman–Crippen MR) is 96.8 cm³/mol. The summed E-state index contributed by atoms with van der Waals surface area (Å²) in [4.78, 5) is 11.6. The molecule has 0 spiro atoms. The SMILES string of the molecule is CCCCCC1CCC(c2ccc(SSC(=O)O)cc2)CC1. The van der Waals surface area contributed by atoms with Crippen LogP contribution in [0.4, 0.5) is 4.79 Å². The Balaban J connectivity index is 1.77. The van der Waals surface area contributed by atoms with Crippen LogP contribution >= 0.6 is 21.6 Å². The molecule has 0 atom stereocenters. The maximum absolute atomic E-state index is 10.6. The molecule has 1 aliphatic carbocycles. The zero-order valence-electron chi connectivity index (χ0n) is 13.3. The summed E-state index contributed by atoms with van der Waals surface area (Å²) in [5, 5.41) is 7.84. The van der Waals surface area contributed by atoms with Crippen LogP contribution in [0.25, 0.3) is 0 Å². The Morgan fingerprint density at radius 2 is 1.82 bits per heavy atom. The normalized spacial score (nSPS) is 21.7. The van der Waals surface area contributed by atoms with Gasteiger partial charge in [-0.1, -0.05) is 44.7 Å². The van der Waals surface area contributed by atoms with Gasteiger partial charge in [0.1, 0.15) is 0 Å². The second kappa shape index (κ2) is 9.51. The number of benzene rings is 1. The molecular weight excluding hydrogens is 312 g/mol. The first kappa shape index (κ1) is 17.7. The van der Waals surface area contributed by atoms with Crippen LogP contribution in [0.1, 0.15) is 69.8 Å². The van der Waals surface area contributed by atoms with Gasteiger partial charge in [0.15, 0.2) is 0 Å². The molecule has 1 fully saturated rings. The standard InChI is InChI=1S/C18H26O2S2/c1-2-3-4-5-14-6-8-15(9-7-14)16-10-12-17(13-11-16)21-22-18(19)20/h10-15H,2-9H2,1H3,(H,19,20). The number of unbranched alkanes of at least 4 members (excludes halogenated alkanes) is 2. The molecule has 1 aromatic carbocycles. The summed E-state index contributed by atoms with van der Waals surface area (Å²) < 4.78 is 0. The van der Waals surface area contributed by atoms with Gasteiger partial charge in [-0.2, -0.15) is 0 Å². The fourth-order valence-corrected chi connectivity index (χ4v) is 4.60. The van der Waals surface area contributed by atoms with E-state index in [0.717, 1.165) is 21.6 Å². The maximum atomic E-state index is 10.6. The van der Waals surface area contributed by atoms with Crippen LogP contribution in [-0.4, -0.2) is 10.4 Å². The van der Waals surface area contributed by atoms with Crippen LogP contribution in [0.15, 0.2) is 29.2 Å². The summed E-state index contributed by atoms with van der Waals surface area (Å²) in [5.41, 5.74) is 1.43. The van der Waals surface area contributed by atoms with E-state index < -0.39 is 5.30 Å². The lowest BCUT2D eigenvalue weighted by Gasteiger charge is -2.29. The first-order chi connectivity index (χ1) is 10.7. The third-order valence-corrected chi connectivity index (χ3v) is 6.57. The monoisotopic (exact) mass is 338 g/mol. The largest absolute Gasteiger partial charge is 0.473 e. The lowest BCUT2D eigenvalue weighted by Crippen LogP contribution is -2.13. The van der Waals surface area contributed by atoms with Gasteiger partial charge in [-0.25, -0.2) is 4.79 Å². The van der Waals surface area contributed by atoms with Gasteiger partial charge in [0, 0.05) is 15.7 Å². The highest BCUT2D eigenvalue weighted by atomic mass is 33.1. The Bertz CT molecular complexity index is 451. The predicted octanol–water partition coefficient (Wildman–Crippen LogP) is 6.96. The van der Waals surface area contributed by atoms with Crippen molar-refractivity contribution < 1.29 is 9.90 Å². The van der Waals surface area contributed by atoms with E-state index in [1.807, 2.05) is 0 Å². The molecule has 22 heavy (non-hydrogen) atoms. The Morgan fingerprint density at radius 3 is 2.41 bits per heavy atom. The molecule has 2 rings (SSSR count). The van der Waals surface area contributed by atoms with Crippen molar-refractivity contribution in [1.29, 1.82) is 0 Å². The quantitative estimate of drug-likeness (QED) is 0.431. The van der Waals surface area contributed by atoms with Gasteiger partial charge in [0.05, 0.1) is 0 Å². The Hall–Kier alpha value is -0.610. The summed E-state index contributed by atoms with van der Waals surface area (Å²) in [5.74, 6) is 1.65. The summed E-state index contributed by atoms with van der Waals surface area (Å²) in [6, 6.07) is 8.49. The van der Waals surface area contributed by atoms with Gasteiger partial charge in [-0.15, -0.1) is 0 Å². The second-order valence-electron chi connectivity index (χ2n) is 6.22. The average Bonchev–Trinajstić information content (AvgIpc) is 2.54. The Labute approximate surface area is 141 Å². The van der Waals surface area contributed by atoms with Gasteiger partial charge >= 0.3 is 5.30 Å². The third kappa shape index (κ3) is 5.88. The molecule has 1 aliphatic rings. The highest BCUT2D eigenvalue weighted by Gasteiger charge is 2.21. The van der Waals surface area contributed by atoms with Crippen molar-refractivity contribution in [2.24, 2.45) is 5.92 Å². The minimum Gasteiger partial charge on any atom is -0.473 e. The molecule has 0 amide bonds. The summed E-state index contributed by atoms with van der Waals surface area (Å²) in [7, 11) is 2.18. The van der Waals surface area contributed by atoms with E-state index >= 15 is 0 Å². The molecule has 2 nitrogen and oxygen atoms in total. The van der Waals surface area contributed by atoms with E-state index in [9.17, 15) is 4.79 Å². The smallest absolute Gasteiger partial charge is 0.375 e. The van der Waals surface area contributed by atoms with E-state index in [1.54, 1.807) is 0 Å². The minimum atomic E-state index is -0.838. The summed E-state index contributed by atoms with van der Waals surface area (Å²) in [6.45, 7) is 2.27. The molecule has 0 unspecified atom stereocenters. The number of rotatable bonds is 7. The molecule has 1 N–H and O–H groups in total. The fraction of sp³-hybridized carbons (Fsp3) is 0.611. The topological polar surface area (TPSA) is 37.3 Å². The van der Waals surface area contributed by atoms with Gasteiger partial charge in [0.25, 0.3) is 0 Å². The lowest BCUT2D eigenvalue weighted by atomic mass is 9.77. The number of carboxylic acid groups (broad SMARTS) is 1. The van der Waals surface area contributed by atoms with Crippen LogP contribution < -0.4 is 0 Å². The van der Waals surface area contributed by atoms with E-state index in [2.05, 4.69) is 31.2 Å². The molecule has 0 saturated heterocycles. The molecule has 0 aliphatic heterocycles.